The molecule has 0 fully saturated rings. The van der Waals surface area contributed by atoms with Gasteiger partial charge in [0.05, 0.1) is 6.61 Å². The number of aliphatic hydroxyl groups is 3. The maximum atomic E-state index is 11.4. The normalized spacial score (nSPS) is 16.6. The van der Waals surface area contributed by atoms with E-state index in [9.17, 15) is 9.59 Å². The van der Waals surface area contributed by atoms with Crippen molar-refractivity contribution in [2.24, 2.45) is 5.73 Å². The summed E-state index contributed by atoms with van der Waals surface area (Å²) < 4.78 is 6.00. The Morgan fingerprint density at radius 2 is 2.17 bits per heavy atom. The van der Waals surface area contributed by atoms with Crippen molar-refractivity contribution in [3.8, 4) is 0 Å². The molecule has 1 aromatic rings. The fraction of sp³-hybridized carbons (Fsp3) is 0.556. The van der Waals surface area contributed by atoms with Gasteiger partial charge in [0, 0.05) is 12.3 Å². The van der Waals surface area contributed by atoms with Crippen molar-refractivity contribution in [2.45, 2.75) is 25.2 Å². The molecule has 0 unspecified atom stereocenters. The smallest absolute Gasteiger partial charge is 0.330 e. The minimum atomic E-state index is -2.14. The molecule has 0 aliphatic carbocycles. The molecule has 6 N–H and O–H groups in total. The number of H-pyrrole nitrogens is 1. The highest BCUT2D eigenvalue weighted by Crippen LogP contribution is 2.15. The number of nitrogens with two attached hydrogens (primary N) is 1. The van der Waals surface area contributed by atoms with E-state index < -0.39 is 36.1 Å². The molecular weight excluding hydrogens is 246 g/mol. The Morgan fingerprint density at radius 3 is 2.61 bits per heavy atom. The van der Waals surface area contributed by atoms with Gasteiger partial charge < -0.3 is 20.1 Å². The van der Waals surface area contributed by atoms with Gasteiger partial charge in [-0.15, -0.1) is 0 Å². The van der Waals surface area contributed by atoms with Crippen LogP contribution >= 0.6 is 0 Å². The summed E-state index contributed by atoms with van der Waals surface area (Å²) in [6.45, 7) is 0.520. The van der Waals surface area contributed by atoms with Crippen LogP contribution in [0.15, 0.2) is 21.9 Å². The number of aromatic nitrogens is 2. The number of ether oxygens (including phenoxy) is 1. The van der Waals surface area contributed by atoms with Crippen LogP contribution in [0.25, 0.3) is 0 Å². The van der Waals surface area contributed by atoms with Gasteiger partial charge in [-0.1, -0.05) is 0 Å². The molecule has 0 saturated heterocycles. The lowest BCUT2D eigenvalue weighted by atomic mass is 10.2. The standard InChI is InChI=1S/C9H15N3O6/c1-5(18-9(10,4-13)7(15)16)12-3-2-6(14)11-8(12)17/h2-3,5,7,13,15-16H,4,10H2,1H3,(H,11,14,17)/t5-,9-/m1/s1. The van der Waals surface area contributed by atoms with E-state index in [0.29, 0.717) is 0 Å². The van der Waals surface area contributed by atoms with Gasteiger partial charge in [0.25, 0.3) is 5.56 Å². The summed E-state index contributed by atoms with van der Waals surface area (Å²) in [5, 5.41) is 26.9. The lowest BCUT2D eigenvalue weighted by Crippen LogP contribution is -2.57. The molecule has 0 radical (unpaired) electrons. The summed E-state index contributed by atoms with van der Waals surface area (Å²) in [4.78, 5) is 24.3. The second-order valence-corrected chi connectivity index (χ2v) is 3.72. The highest BCUT2D eigenvalue weighted by Gasteiger charge is 2.35. The number of hydrogen-bond donors (Lipinski definition) is 5. The quantitative estimate of drug-likeness (QED) is 0.355. The number of hydrogen-bond acceptors (Lipinski definition) is 7. The Bertz CT molecular complexity index is 510. The largest absolute Gasteiger partial charge is 0.392 e. The van der Waals surface area contributed by atoms with Crippen molar-refractivity contribution in [2.75, 3.05) is 6.61 Å². The van der Waals surface area contributed by atoms with E-state index in [4.69, 9.17) is 25.8 Å². The third-order valence-corrected chi connectivity index (χ3v) is 2.32. The van der Waals surface area contributed by atoms with Crippen LogP contribution in [0.3, 0.4) is 0 Å². The van der Waals surface area contributed by atoms with E-state index in [-0.39, 0.29) is 0 Å². The molecule has 0 amide bonds. The zero-order chi connectivity index (χ0) is 13.9. The lowest BCUT2D eigenvalue weighted by Gasteiger charge is -2.32. The summed E-state index contributed by atoms with van der Waals surface area (Å²) in [6, 6.07) is 1.09. The van der Waals surface area contributed by atoms with Crippen LogP contribution in [-0.4, -0.2) is 43.5 Å². The van der Waals surface area contributed by atoms with Crippen LogP contribution < -0.4 is 17.0 Å². The molecule has 0 spiro atoms. The van der Waals surface area contributed by atoms with Crippen molar-refractivity contribution >= 4 is 0 Å². The van der Waals surface area contributed by atoms with E-state index in [0.717, 1.165) is 16.8 Å². The molecular formula is C9H15N3O6. The minimum Gasteiger partial charge on any atom is -0.392 e. The molecule has 2 atom stereocenters. The molecule has 0 aliphatic rings. The molecule has 0 saturated carbocycles. The molecule has 9 heteroatoms. The van der Waals surface area contributed by atoms with Crippen molar-refractivity contribution < 1.29 is 20.1 Å². The topological polar surface area (TPSA) is 151 Å². The third-order valence-electron chi connectivity index (χ3n) is 2.32. The number of aliphatic hydroxyl groups excluding tert-OH is 2. The highest BCUT2D eigenvalue weighted by molar-refractivity contribution is 4.84. The Kier molecular flexibility index (Phi) is 4.38. The van der Waals surface area contributed by atoms with E-state index in [1.165, 1.54) is 6.92 Å². The summed E-state index contributed by atoms with van der Waals surface area (Å²) in [7, 11) is 0. The van der Waals surface area contributed by atoms with E-state index >= 15 is 0 Å². The Balaban J connectivity index is 2.98. The molecule has 1 aromatic heterocycles. The fourth-order valence-corrected chi connectivity index (χ4v) is 1.27. The molecule has 1 heterocycles. The number of aromatic amines is 1. The van der Waals surface area contributed by atoms with Gasteiger partial charge in [-0.2, -0.15) is 0 Å². The van der Waals surface area contributed by atoms with Gasteiger partial charge in [-0.25, -0.2) is 4.79 Å². The summed E-state index contributed by atoms with van der Waals surface area (Å²) in [6.07, 6.45) is -2.00. The van der Waals surface area contributed by atoms with E-state index in [1.54, 1.807) is 0 Å². The van der Waals surface area contributed by atoms with Gasteiger partial charge in [0.15, 0.2) is 12.0 Å². The predicted octanol–water partition coefficient (Wildman–Crippen LogP) is -2.97. The van der Waals surface area contributed by atoms with Crippen molar-refractivity contribution in [3.63, 3.8) is 0 Å². The first-order valence-electron chi connectivity index (χ1n) is 5.05. The van der Waals surface area contributed by atoms with Crippen molar-refractivity contribution in [3.05, 3.63) is 33.1 Å². The Labute approximate surface area is 101 Å². The van der Waals surface area contributed by atoms with E-state index in [1.807, 2.05) is 4.98 Å². The highest BCUT2D eigenvalue weighted by atomic mass is 16.6. The van der Waals surface area contributed by atoms with Gasteiger partial charge >= 0.3 is 5.69 Å². The number of rotatable bonds is 5. The zero-order valence-electron chi connectivity index (χ0n) is 9.61. The van der Waals surface area contributed by atoms with Crippen molar-refractivity contribution in [1.29, 1.82) is 0 Å². The molecule has 1 rings (SSSR count). The first-order chi connectivity index (χ1) is 8.30. The monoisotopic (exact) mass is 261 g/mol. The SMILES string of the molecule is C[C@@H](O[C@](N)(CO)C(O)O)n1ccc(=O)[nH]c1=O. The van der Waals surface area contributed by atoms with Crippen molar-refractivity contribution in [1.82, 2.24) is 9.55 Å². The molecule has 0 aliphatic heterocycles. The fourth-order valence-electron chi connectivity index (χ4n) is 1.27. The molecule has 18 heavy (non-hydrogen) atoms. The predicted molar refractivity (Wildman–Crippen MR) is 59.3 cm³/mol. The van der Waals surface area contributed by atoms with E-state index in [2.05, 4.69) is 0 Å². The molecule has 0 bridgehead atoms. The second kappa shape index (κ2) is 5.42. The van der Waals surface area contributed by atoms with Gasteiger partial charge in [-0.3, -0.25) is 20.1 Å². The van der Waals surface area contributed by atoms with Crippen LogP contribution in [0.2, 0.25) is 0 Å². The average Bonchev–Trinajstić information content (AvgIpc) is 2.28. The Morgan fingerprint density at radius 1 is 1.56 bits per heavy atom. The second-order valence-electron chi connectivity index (χ2n) is 3.72. The lowest BCUT2D eigenvalue weighted by molar-refractivity contribution is -0.249. The van der Waals surface area contributed by atoms with Crippen LogP contribution in [0.1, 0.15) is 13.2 Å². The summed E-state index contributed by atoms with van der Waals surface area (Å²) in [5.74, 6) is 0. The number of nitrogens with zero attached hydrogens (tertiary/aromatic N) is 1. The van der Waals surface area contributed by atoms with Crippen LogP contribution in [-0.2, 0) is 4.74 Å². The maximum absolute atomic E-state index is 11.4. The Hall–Kier alpha value is -1.52. The summed E-state index contributed by atoms with van der Waals surface area (Å²) >= 11 is 0. The zero-order valence-corrected chi connectivity index (χ0v) is 9.61. The minimum absolute atomic E-state index is 0.577. The first-order valence-corrected chi connectivity index (χ1v) is 5.05. The number of nitrogens with one attached hydrogen (secondary N) is 1. The van der Waals surface area contributed by atoms with Crippen LogP contribution in [0.4, 0.5) is 0 Å². The molecule has 0 aromatic carbocycles. The van der Waals surface area contributed by atoms with Gasteiger partial charge in [0.1, 0.15) is 6.23 Å². The van der Waals surface area contributed by atoms with Crippen LogP contribution in [0, 0.1) is 0 Å². The molecule has 102 valence electrons. The van der Waals surface area contributed by atoms with Crippen LogP contribution in [0.5, 0.6) is 0 Å². The van der Waals surface area contributed by atoms with Gasteiger partial charge in [0.2, 0.25) is 0 Å². The average molecular weight is 261 g/mol. The third kappa shape index (κ3) is 3.03. The first kappa shape index (κ1) is 14.5. The summed E-state index contributed by atoms with van der Waals surface area (Å²) in [5.41, 5.74) is 1.94. The van der Waals surface area contributed by atoms with Gasteiger partial charge in [-0.05, 0) is 6.92 Å². The molecule has 9 nitrogen and oxygen atoms in total. The maximum Gasteiger partial charge on any atom is 0.330 e.